The molecular weight excluding hydrogens is 310 g/mol. The summed E-state index contributed by atoms with van der Waals surface area (Å²) in [6.07, 6.45) is 1.13. The minimum atomic E-state index is -1.23. The lowest BCUT2D eigenvalue weighted by molar-refractivity contribution is -0.175. The summed E-state index contributed by atoms with van der Waals surface area (Å²) in [7, 11) is 3.21. The summed E-state index contributed by atoms with van der Waals surface area (Å²) in [5, 5.41) is 0. The van der Waals surface area contributed by atoms with Crippen LogP contribution in [0, 0.1) is 0 Å². The van der Waals surface area contributed by atoms with Gasteiger partial charge in [-0.3, -0.25) is 9.69 Å². The normalized spacial score (nSPS) is 34.5. The molecule has 128 valence electrons. The van der Waals surface area contributed by atoms with Crippen molar-refractivity contribution in [3.05, 3.63) is 23.8 Å². The monoisotopic (exact) mass is 331 g/mol. The summed E-state index contributed by atoms with van der Waals surface area (Å²) >= 11 is 0. The highest BCUT2D eigenvalue weighted by Crippen LogP contribution is 2.53. The first-order chi connectivity index (χ1) is 11.4. The van der Waals surface area contributed by atoms with Gasteiger partial charge in [0.15, 0.2) is 5.96 Å². The number of guanidine groups is 1. The Bertz CT molecular complexity index is 749. The van der Waals surface area contributed by atoms with E-state index in [2.05, 4.69) is 4.99 Å². The average molecular weight is 331 g/mol. The number of aliphatic imine (C=N–C) groups is 1. The molecule has 0 aliphatic carbocycles. The SMILES string of the molecule is COc1ccc2c(c1)[C@]1(N=C(N)N(C)C1=O)[C@H]1OCCC[C@@]1(C)O2. The molecule has 0 bridgehead atoms. The summed E-state index contributed by atoms with van der Waals surface area (Å²) in [6, 6.07) is 5.43. The Kier molecular flexibility index (Phi) is 3.09. The van der Waals surface area contributed by atoms with E-state index >= 15 is 0 Å². The number of hydrogen-bond donors (Lipinski definition) is 1. The van der Waals surface area contributed by atoms with Gasteiger partial charge in [0.05, 0.1) is 7.11 Å². The molecule has 0 radical (unpaired) electrons. The number of carbonyl (C=O) groups is 1. The van der Waals surface area contributed by atoms with Crippen LogP contribution in [0.4, 0.5) is 0 Å². The predicted molar refractivity (Wildman–Crippen MR) is 87.1 cm³/mol. The van der Waals surface area contributed by atoms with Gasteiger partial charge in [-0.1, -0.05) is 0 Å². The summed E-state index contributed by atoms with van der Waals surface area (Å²) in [6.45, 7) is 2.54. The number of benzene rings is 1. The Labute approximate surface area is 140 Å². The molecule has 3 aliphatic rings. The maximum absolute atomic E-state index is 13.2. The highest BCUT2D eigenvalue weighted by atomic mass is 16.6. The highest BCUT2D eigenvalue weighted by Gasteiger charge is 2.65. The summed E-state index contributed by atoms with van der Waals surface area (Å²) in [4.78, 5) is 19.2. The van der Waals surface area contributed by atoms with E-state index in [9.17, 15) is 4.79 Å². The number of hydrogen-bond acceptors (Lipinski definition) is 6. The zero-order valence-corrected chi connectivity index (χ0v) is 14.0. The van der Waals surface area contributed by atoms with Crippen molar-refractivity contribution in [2.45, 2.75) is 37.0 Å². The summed E-state index contributed by atoms with van der Waals surface area (Å²) in [5.41, 5.74) is 4.78. The van der Waals surface area contributed by atoms with Crippen LogP contribution >= 0.6 is 0 Å². The van der Waals surface area contributed by atoms with Crippen molar-refractivity contribution in [3.63, 3.8) is 0 Å². The number of ether oxygens (including phenoxy) is 3. The predicted octanol–water partition coefficient (Wildman–Crippen LogP) is 1.01. The molecule has 2 N–H and O–H groups in total. The molecule has 3 heterocycles. The lowest BCUT2D eigenvalue weighted by atomic mass is 9.71. The molecule has 0 aromatic heterocycles. The molecule has 3 atom stereocenters. The highest BCUT2D eigenvalue weighted by molar-refractivity contribution is 6.08. The van der Waals surface area contributed by atoms with Crippen LogP contribution in [-0.4, -0.2) is 49.2 Å². The fourth-order valence-electron chi connectivity index (χ4n) is 4.02. The van der Waals surface area contributed by atoms with Gasteiger partial charge in [-0.15, -0.1) is 0 Å². The first kappa shape index (κ1) is 15.3. The zero-order valence-electron chi connectivity index (χ0n) is 14.0. The van der Waals surface area contributed by atoms with Gasteiger partial charge in [0, 0.05) is 19.2 Å². The third-order valence-electron chi connectivity index (χ3n) is 5.24. The van der Waals surface area contributed by atoms with E-state index in [-0.39, 0.29) is 11.9 Å². The average Bonchev–Trinajstić information content (AvgIpc) is 2.79. The van der Waals surface area contributed by atoms with Crippen molar-refractivity contribution in [1.82, 2.24) is 4.90 Å². The molecule has 1 aromatic rings. The van der Waals surface area contributed by atoms with Crippen molar-refractivity contribution in [2.75, 3.05) is 20.8 Å². The van der Waals surface area contributed by atoms with Gasteiger partial charge >= 0.3 is 0 Å². The van der Waals surface area contributed by atoms with E-state index in [0.717, 1.165) is 12.8 Å². The van der Waals surface area contributed by atoms with E-state index < -0.39 is 17.2 Å². The number of rotatable bonds is 1. The number of carbonyl (C=O) groups excluding carboxylic acids is 1. The van der Waals surface area contributed by atoms with Gasteiger partial charge in [0.25, 0.3) is 5.91 Å². The van der Waals surface area contributed by atoms with Crippen LogP contribution in [0.3, 0.4) is 0 Å². The van der Waals surface area contributed by atoms with Crippen LogP contribution in [0.1, 0.15) is 25.3 Å². The fourth-order valence-corrected chi connectivity index (χ4v) is 4.02. The minimum absolute atomic E-state index is 0.187. The Balaban J connectivity index is 2.00. The molecule has 0 saturated carbocycles. The first-order valence-corrected chi connectivity index (χ1v) is 8.05. The van der Waals surface area contributed by atoms with Crippen molar-refractivity contribution in [2.24, 2.45) is 10.7 Å². The maximum Gasteiger partial charge on any atom is 0.264 e. The number of amides is 1. The summed E-state index contributed by atoms with van der Waals surface area (Å²) in [5.74, 6) is 1.25. The van der Waals surface area contributed by atoms with E-state index in [1.807, 2.05) is 19.1 Å². The molecule has 1 spiro atoms. The van der Waals surface area contributed by atoms with Crippen LogP contribution in [0.25, 0.3) is 0 Å². The quantitative estimate of drug-likeness (QED) is 0.830. The van der Waals surface area contributed by atoms with E-state index in [1.54, 1.807) is 20.2 Å². The third kappa shape index (κ3) is 1.76. The number of methoxy groups -OCH3 is 1. The zero-order chi connectivity index (χ0) is 17.1. The maximum atomic E-state index is 13.2. The van der Waals surface area contributed by atoms with Crippen molar-refractivity contribution in [1.29, 1.82) is 0 Å². The lowest BCUT2D eigenvalue weighted by Crippen LogP contribution is -2.64. The third-order valence-corrected chi connectivity index (χ3v) is 5.24. The molecule has 24 heavy (non-hydrogen) atoms. The van der Waals surface area contributed by atoms with Crippen LogP contribution in [0.2, 0.25) is 0 Å². The van der Waals surface area contributed by atoms with Gasteiger partial charge < -0.3 is 19.9 Å². The number of nitrogens with zero attached hydrogens (tertiary/aromatic N) is 2. The second kappa shape index (κ2) is 4.86. The van der Waals surface area contributed by atoms with Gasteiger partial charge in [0.2, 0.25) is 5.54 Å². The van der Waals surface area contributed by atoms with Gasteiger partial charge in [0.1, 0.15) is 23.2 Å². The van der Waals surface area contributed by atoms with Gasteiger partial charge in [-0.2, -0.15) is 0 Å². The standard InChI is InChI=1S/C17H21N3O4/c1-16-7-4-8-23-13(16)17(14(21)20(2)15(18)19-17)11-9-10(22-3)5-6-12(11)24-16/h5-6,9,13H,4,7-8H2,1-3H3,(H2,18,19)/t13-,16+,17-/m0/s1. The molecular formula is C17H21N3O4. The largest absolute Gasteiger partial charge is 0.497 e. The fraction of sp³-hybridized carbons (Fsp3) is 0.529. The van der Waals surface area contributed by atoms with Crippen LogP contribution in [-0.2, 0) is 15.1 Å². The Hall–Kier alpha value is -2.28. The van der Waals surface area contributed by atoms with Crippen LogP contribution in [0.5, 0.6) is 11.5 Å². The van der Waals surface area contributed by atoms with Crippen molar-refractivity contribution >= 4 is 11.9 Å². The molecule has 7 heteroatoms. The Morgan fingerprint density at radius 1 is 1.46 bits per heavy atom. The minimum Gasteiger partial charge on any atom is -0.497 e. The van der Waals surface area contributed by atoms with E-state index in [1.165, 1.54) is 4.90 Å². The topological polar surface area (TPSA) is 86.4 Å². The van der Waals surface area contributed by atoms with Crippen LogP contribution in [0.15, 0.2) is 23.2 Å². The van der Waals surface area contributed by atoms with E-state index in [4.69, 9.17) is 19.9 Å². The van der Waals surface area contributed by atoms with Crippen LogP contribution < -0.4 is 15.2 Å². The van der Waals surface area contributed by atoms with E-state index in [0.29, 0.717) is 23.7 Å². The Morgan fingerprint density at radius 3 is 2.92 bits per heavy atom. The first-order valence-electron chi connectivity index (χ1n) is 8.05. The van der Waals surface area contributed by atoms with Gasteiger partial charge in [-0.05, 0) is 38.0 Å². The number of likely N-dealkylation sites (N-methyl/N-ethyl adjacent to an activating group) is 1. The lowest BCUT2D eigenvalue weighted by Gasteiger charge is -2.51. The molecule has 1 amide bonds. The molecule has 1 saturated heterocycles. The molecule has 3 aliphatic heterocycles. The number of fused-ring (bicyclic) bond motifs is 4. The van der Waals surface area contributed by atoms with Crippen molar-refractivity contribution in [3.8, 4) is 11.5 Å². The number of nitrogens with two attached hydrogens (primary N) is 1. The summed E-state index contributed by atoms with van der Waals surface area (Å²) < 4.78 is 17.6. The van der Waals surface area contributed by atoms with Gasteiger partial charge in [-0.25, -0.2) is 4.99 Å². The van der Waals surface area contributed by atoms with Crippen molar-refractivity contribution < 1.29 is 19.0 Å². The second-order valence-electron chi connectivity index (χ2n) is 6.73. The smallest absolute Gasteiger partial charge is 0.264 e. The molecule has 1 fully saturated rings. The molecule has 4 rings (SSSR count). The molecule has 0 unspecified atom stereocenters. The Morgan fingerprint density at radius 2 is 2.25 bits per heavy atom. The molecule has 1 aromatic carbocycles. The second-order valence-corrected chi connectivity index (χ2v) is 6.73. The molecule has 7 nitrogen and oxygen atoms in total.